The molecule has 1 unspecified atom stereocenters. The number of anilines is 1. The van der Waals surface area contributed by atoms with E-state index in [0.29, 0.717) is 18.4 Å². The van der Waals surface area contributed by atoms with E-state index in [0.717, 1.165) is 11.3 Å². The summed E-state index contributed by atoms with van der Waals surface area (Å²) in [6, 6.07) is 5.00. The van der Waals surface area contributed by atoms with Gasteiger partial charge < -0.3 is 10.4 Å². The minimum atomic E-state index is -1.03. The summed E-state index contributed by atoms with van der Waals surface area (Å²) >= 11 is 3.09. The Bertz CT molecular complexity index is 556. The predicted octanol–water partition coefficient (Wildman–Crippen LogP) is 1.99. The summed E-state index contributed by atoms with van der Waals surface area (Å²) in [4.78, 5) is 33.1. The molecule has 0 saturated carbocycles. The van der Waals surface area contributed by atoms with E-state index in [2.05, 4.69) is 21.2 Å². The molecule has 5 nitrogen and oxygen atoms in total. The predicted molar refractivity (Wildman–Crippen MR) is 72.7 cm³/mol. The number of benzene rings is 1. The van der Waals surface area contributed by atoms with Crippen LogP contribution in [0.1, 0.15) is 28.8 Å². The van der Waals surface area contributed by atoms with Gasteiger partial charge in [-0.3, -0.25) is 14.4 Å². The number of aryl methyl sites for hydroxylation is 1. The number of hydrogen-bond donors (Lipinski definition) is 2. The quantitative estimate of drug-likeness (QED) is 0.655. The molecule has 0 saturated heterocycles. The Kier molecular flexibility index (Phi) is 3.99. The molecule has 1 atom stereocenters. The maximum absolute atomic E-state index is 12.0. The number of nitrogens with one attached hydrogen (secondary N) is 1. The van der Waals surface area contributed by atoms with Gasteiger partial charge in [0.2, 0.25) is 5.91 Å². The Balaban J connectivity index is 2.20. The number of carbonyl (C=O) groups is 3. The van der Waals surface area contributed by atoms with Crippen molar-refractivity contribution < 1.29 is 19.5 Å². The number of carboxylic acids is 1. The molecule has 1 aliphatic heterocycles. The lowest BCUT2D eigenvalue weighted by molar-refractivity contribution is -0.136. The fourth-order valence-corrected chi connectivity index (χ4v) is 2.50. The van der Waals surface area contributed by atoms with Crippen LogP contribution in [0.25, 0.3) is 0 Å². The van der Waals surface area contributed by atoms with Crippen LogP contribution in [0.3, 0.4) is 0 Å². The average Bonchev–Trinajstić information content (AvgIpc) is 2.36. The fraction of sp³-hybridized carbons (Fsp3) is 0.308. The number of halogens is 1. The van der Waals surface area contributed by atoms with Gasteiger partial charge in [0.1, 0.15) is 0 Å². The van der Waals surface area contributed by atoms with E-state index < -0.39 is 10.8 Å². The first-order chi connectivity index (χ1) is 8.97. The summed E-state index contributed by atoms with van der Waals surface area (Å²) in [5.74, 6) is -1.32. The number of alkyl halides is 1. The lowest BCUT2D eigenvalue weighted by Gasteiger charge is -2.17. The minimum absolute atomic E-state index is 0.0316. The van der Waals surface area contributed by atoms with Gasteiger partial charge in [0.15, 0.2) is 5.78 Å². The summed E-state index contributed by atoms with van der Waals surface area (Å²) in [5.41, 5.74) is 2.08. The van der Waals surface area contributed by atoms with Gasteiger partial charge >= 0.3 is 5.97 Å². The molecule has 0 spiro atoms. The minimum Gasteiger partial charge on any atom is -0.481 e. The number of carbonyl (C=O) groups excluding carboxylic acids is 2. The van der Waals surface area contributed by atoms with Crippen molar-refractivity contribution in [2.75, 3.05) is 5.32 Å². The van der Waals surface area contributed by atoms with Crippen LogP contribution in [-0.4, -0.2) is 27.6 Å². The van der Waals surface area contributed by atoms with Crippen LogP contribution in [0.15, 0.2) is 18.2 Å². The van der Waals surface area contributed by atoms with Gasteiger partial charge in [-0.2, -0.15) is 0 Å². The summed E-state index contributed by atoms with van der Waals surface area (Å²) in [5, 5.41) is 11.4. The first-order valence-corrected chi connectivity index (χ1v) is 6.72. The van der Waals surface area contributed by atoms with Crippen molar-refractivity contribution in [1.29, 1.82) is 0 Å². The Morgan fingerprint density at radius 2 is 2.11 bits per heavy atom. The Morgan fingerprint density at radius 3 is 2.79 bits per heavy atom. The number of fused-ring (bicyclic) bond motifs is 1. The van der Waals surface area contributed by atoms with Crippen LogP contribution in [0, 0.1) is 0 Å². The van der Waals surface area contributed by atoms with Crippen molar-refractivity contribution in [3.63, 3.8) is 0 Å². The third kappa shape index (κ3) is 3.20. The topological polar surface area (TPSA) is 83.5 Å². The molecule has 2 rings (SSSR count). The molecule has 0 aliphatic carbocycles. The maximum Gasteiger partial charge on any atom is 0.304 e. The number of amides is 1. The molecule has 1 aromatic carbocycles. The van der Waals surface area contributed by atoms with Gasteiger partial charge in [0.25, 0.3) is 0 Å². The maximum atomic E-state index is 12.0. The van der Waals surface area contributed by atoms with Gasteiger partial charge in [0, 0.05) is 17.7 Å². The van der Waals surface area contributed by atoms with Crippen molar-refractivity contribution in [2.45, 2.75) is 24.1 Å². The molecular formula is C13H12BrNO4. The largest absolute Gasteiger partial charge is 0.481 e. The normalized spacial score (nSPS) is 15.3. The third-order valence-corrected chi connectivity index (χ3v) is 3.66. The van der Waals surface area contributed by atoms with E-state index in [-0.39, 0.29) is 18.1 Å². The molecule has 1 aromatic rings. The third-order valence-electron chi connectivity index (χ3n) is 2.92. The summed E-state index contributed by atoms with van der Waals surface area (Å²) in [7, 11) is 0. The Labute approximate surface area is 118 Å². The molecule has 0 radical (unpaired) electrons. The van der Waals surface area contributed by atoms with Crippen LogP contribution in [0.5, 0.6) is 0 Å². The number of aliphatic carboxylic acids is 1. The smallest absolute Gasteiger partial charge is 0.304 e. The van der Waals surface area contributed by atoms with Crippen molar-refractivity contribution in [2.24, 2.45) is 0 Å². The van der Waals surface area contributed by atoms with Crippen LogP contribution >= 0.6 is 15.9 Å². The highest BCUT2D eigenvalue weighted by Gasteiger charge is 2.22. The Morgan fingerprint density at radius 1 is 1.37 bits per heavy atom. The van der Waals surface area contributed by atoms with Crippen LogP contribution < -0.4 is 5.32 Å². The fourth-order valence-electron chi connectivity index (χ4n) is 1.96. The lowest BCUT2D eigenvalue weighted by atomic mass is 9.97. The molecule has 0 aromatic heterocycles. The molecule has 0 bridgehead atoms. The first kappa shape index (κ1) is 13.7. The molecule has 2 N–H and O–H groups in total. The number of Topliss-reactive ketones (excluding diaryl/α,β-unsaturated/α-hetero) is 1. The Hall–Kier alpha value is -1.69. The highest BCUT2D eigenvalue weighted by molar-refractivity contribution is 9.10. The zero-order valence-electron chi connectivity index (χ0n) is 9.98. The molecular weight excluding hydrogens is 314 g/mol. The van der Waals surface area contributed by atoms with E-state index in [1.165, 1.54) is 0 Å². The van der Waals surface area contributed by atoms with Crippen LogP contribution in [0.2, 0.25) is 0 Å². The summed E-state index contributed by atoms with van der Waals surface area (Å²) in [6.45, 7) is 0. The molecule has 1 heterocycles. The standard InChI is InChI=1S/C13H12BrNO4/c14-9(6-12(17)18)13(19)8-1-3-10-7(5-8)2-4-11(16)15-10/h1,3,5,9H,2,4,6H2,(H,15,16)(H,17,18). The van der Waals surface area contributed by atoms with Gasteiger partial charge in [-0.15, -0.1) is 0 Å². The molecule has 19 heavy (non-hydrogen) atoms. The number of hydrogen-bond acceptors (Lipinski definition) is 3. The van der Waals surface area contributed by atoms with Crippen molar-refractivity contribution >= 4 is 39.3 Å². The van der Waals surface area contributed by atoms with Crippen LogP contribution in [0.4, 0.5) is 5.69 Å². The molecule has 1 amide bonds. The zero-order valence-corrected chi connectivity index (χ0v) is 11.6. The molecule has 100 valence electrons. The monoisotopic (exact) mass is 325 g/mol. The van der Waals surface area contributed by atoms with Crippen molar-refractivity contribution in [1.82, 2.24) is 0 Å². The number of carboxylic acid groups (broad SMARTS) is 1. The van der Waals surface area contributed by atoms with E-state index in [4.69, 9.17) is 5.11 Å². The lowest BCUT2D eigenvalue weighted by Crippen LogP contribution is -2.21. The molecule has 6 heteroatoms. The number of ketones is 1. The molecule has 1 aliphatic rings. The molecule has 0 fully saturated rings. The summed E-state index contributed by atoms with van der Waals surface area (Å²) in [6.07, 6.45) is 0.734. The second-order valence-electron chi connectivity index (χ2n) is 4.35. The second-order valence-corrected chi connectivity index (χ2v) is 5.46. The van der Waals surface area contributed by atoms with Gasteiger partial charge in [-0.25, -0.2) is 0 Å². The van der Waals surface area contributed by atoms with E-state index in [9.17, 15) is 14.4 Å². The van der Waals surface area contributed by atoms with Gasteiger partial charge in [-0.1, -0.05) is 15.9 Å². The van der Waals surface area contributed by atoms with Crippen LogP contribution in [-0.2, 0) is 16.0 Å². The highest BCUT2D eigenvalue weighted by atomic mass is 79.9. The zero-order chi connectivity index (χ0) is 14.0. The SMILES string of the molecule is O=C(O)CC(Br)C(=O)c1ccc2c(c1)CCC(=O)N2. The van der Waals surface area contributed by atoms with Gasteiger partial charge in [-0.05, 0) is 30.2 Å². The summed E-state index contributed by atoms with van der Waals surface area (Å²) < 4.78 is 0. The van der Waals surface area contributed by atoms with Crippen molar-refractivity contribution in [3.05, 3.63) is 29.3 Å². The van der Waals surface area contributed by atoms with E-state index >= 15 is 0 Å². The highest BCUT2D eigenvalue weighted by Crippen LogP contribution is 2.25. The number of rotatable bonds is 4. The average molecular weight is 326 g/mol. The van der Waals surface area contributed by atoms with E-state index in [1.54, 1.807) is 18.2 Å². The van der Waals surface area contributed by atoms with E-state index in [1.807, 2.05) is 0 Å². The van der Waals surface area contributed by atoms with Gasteiger partial charge in [0.05, 0.1) is 11.2 Å². The van der Waals surface area contributed by atoms with Crippen molar-refractivity contribution in [3.8, 4) is 0 Å². The first-order valence-electron chi connectivity index (χ1n) is 5.80. The second kappa shape index (κ2) is 5.52.